The Bertz CT molecular complexity index is 122. The number of hydrogen-bond donors (Lipinski definition) is 1. The molecule has 0 aliphatic carbocycles. The van der Waals surface area contributed by atoms with Crippen LogP contribution in [0.5, 0.6) is 0 Å². The van der Waals surface area contributed by atoms with Gasteiger partial charge in [-0.3, -0.25) is 0 Å². The van der Waals surface area contributed by atoms with E-state index < -0.39 is 5.03 Å². The fourth-order valence-corrected chi connectivity index (χ4v) is 0.270. The molecule has 2 N–H and O–H groups in total. The maximum absolute atomic E-state index is 9.49. The van der Waals surface area contributed by atoms with Gasteiger partial charge in [0.15, 0.2) is 5.03 Å². The lowest BCUT2D eigenvalue weighted by Gasteiger charge is -1.82. The molecule has 8 heavy (non-hydrogen) atoms. The van der Waals surface area contributed by atoms with E-state index >= 15 is 0 Å². The molecule has 0 radical (unpaired) electrons. The first-order valence-corrected chi connectivity index (χ1v) is 2.91. The molecule has 6 heteroatoms. The molecule has 0 aliphatic rings. The number of hydrazone groups is 1. The Morgan fingerprint density at radius 1 is 2.00 bits per heavy atom. The van der Waals surface area contributed by atoms with Crippen molar-refractivity contribution in [2.24, 2.45) is 10.8 Å². The molecule has 0 aliphatic heterocycles. The van der Waals surface area contributed by atoms with Crippen LogP contribution in [0.4, 0.5) is 0 Å². The van der Waals surface area contributed by atoms with Crippen LogP contribution in [-0.4, -0.2) is 16.5 Å². The normalized spacial score (nSPS) is 11.4. The first-order valence-electron chi connectivity index (χ1n) is 1.69. The Labute approximate surface area is 50.1 Å². The van der Waals surface area contributed by atoms with Crippen molar-refractivity contribution in [2.45, 2.75) is 0 Å². The van der Waals surface area contributed by atoms with Crippen LogP contribution in [0.1, 0.15) is 0 Å². The van der Waals surface area contributed by atoms with Crippen LogP contribution in [0.15, 0.2) is 5.10 Å². The first-order chi connectivity index (χ1) is 3.66. The van der Waals surface area contributed by atoms with E-state index in [4.69, 9.17) is 5.73 Å². The summed E-state index contributed by atoms with van der Waals surface area (Å²) in [5, 5.41) is 11.4. The van der Waals surface area contributed by atoms with E-state index in [1.807, 2.05) is 0 Å². The van der Waals surface area contributed by atoms with Gasteiger partial charge in [0.1, 0.15) is 0 Å². The van der Waals surface area contributed by atoms with Crippen molar-refractivity contribution < 1.29 is 5.03 Å². The molecule has 46 valence electrons. The van der Waals surface area contributed by atoms with Gasteiger partial charge in [0, 0.05) is 0 Å². The number of nitro groups is 1. The average molecular weight is 135 g/mol. The van der Waals surface area contributed by atoms with Crippen LogP contribution < -0.4 is 5.73 Å². The number of hydrogen-bond acceptors (Lipinski definition) is 3. The Morgan fingerprint density at radius 2 is 2.50 bits per heavy atom. The van der Waals surface area contributed by atoms with E-state index in [0.29, 0.717) is 0 Å². The van der Waals surface area contributed by atoms with E-state index in [-0.39, 0.29) is 5.17 Å². The summed E-state index contributed by atoms with van der Waals surface area (Å²) in [6.07, 6.45) is 1.61. The van der Waals surface area contributed by atoms with Gasteiger partial charge in [-0.1, -0.05) is 11.8 Å². The minimum absolute atomic E-state index is 0.0324. The first kappa shape index (κ1) is 7.22. The molecule has 0 amide bonds. The predicted molar refractivity (Wildman–Crippen MR) is 32.1 cm³/mol. The highest BCUT2D eigenvalue weighted by Gasteiger charge is 1.92. The molecule has 0 unspecified atom stereocenters. The summed E-state index contributed by atoms with van der Waals surface area (Å²) in [7, 11) is 0. The predicted octanol–water partition coefficient (Wildman–Crippen LogP) is -0.144. The summed E-state index contributed by atoms with van der Waals surface area (Å²) < 4.78 is 0. The van der Waals surface area contributed by atoms with E-state index in [2.05, 4.69) is 5.10 Å². The largest absolute Gasteiger partial charge is 0.373 e. The van der Waals surface area contributed by atoms with Crippen LogP contribution in [0.25, 0.3) is 0 Å². The van der Waals surface area contributed by atoms with Gasteiger partial charge < -0.3 is 5.73 Å². The van der Waals surface area contributed by atoms with Gasteiger partial charge >= 0.3 is 0 Å². The zero-order valence-corrected chi connectivity index (χ0v) is 5.01. The SMILES string of the molecule is CS/C(N)=N\[N+](=O)[O-]. The third-order valence-corrected chi connectivity index (χ3v) is 0.889. The third kappa shape index (κ3) is 3.41. The number of nitrogens with two attached hydrogens (primary N) is 1. The summed E-state index contributed by atoms with van der Waals surface area (Å²) in [4.78, 5) is 9.49. The van der Waals surface area contributed by atoms with Crippen molar-refractivity contribution in [3.63, 3.8) is 0 Å². The highest BCUT2D eigenvalue weighted by Crippen LogP contribution is 1.89. The van der Waals surface area contributed by atoms with E-state index in [1.54, 1.807) is 6.26 Å². The molecule has 0 aromatic rings. The molecule has 0 saturated heterocycles. The average Bonchev–Trinajstić information content (AvgIpc) is 1.65. The zero-order valence-electron chi connectivity index (χ0n) is 4.20. The second-order valence-electron chi connectivity index (χ2n) is 0.880. The van der Waals surface area contributed by atoms with Gasteiger partial charge in [-0.25, -0.2) is 10.1 Å². The number of amidine groups is 1. The third-order valence-electron chi connectivity index (χ3n) is 0.389. The fraction of sp³-hybridized carbons (Fsp3) is 0.500. The summed E-state index contributed by atoms with van der Waals surface area (Å²) in [5.41, 5.74) is 4.95. The molecule has 0 rings (SSSR count). The van der Waals surface area contributed by atoms with Crippen molar-refractivity contribution in [2.75, 3.05) is 6.26 Å². The molecule has 0 heterocycles. The molecule has 0 atom stereocenters. The number of rotatable bonds is 1. The minimum atomic E-state index is -0.828. The molecular weight excluding hydrogens is 130 g/mol. The van der Waals surface area contributed by atoms with Gasteiger partial charge in [-0.05, 0) is 6.26 Å². The van der Waals surface area contributed by atoms with E-state index in [9.17, 15) is 10.1 Å². The van der Waals surface area contributed by atoms with Crippen molar-refractivity contribution in [3.05, 3.63) is 10.1 Å². The zero-order chi connectivity index (χ0) is 6.57. The van der Waals surface area contributed by atoms with Gasteiger partial charge in [0.2, 0.25) is 5.17 Å². The summed E-state index contributed by atoms with van der Waals surface area (Å²) >= 11 is 1.04. The van der Waals surface area contributed by atoms with Gasteiger partial charge in [-0.2, -0.15) is 0 Å². The standard InChI is InChI=1S/C2H5N3O2S/c1-8-2(3)4-5(6)7/h1H3,(H2,3,4). The van der Waals surface area contributed by atoms with E-state index in [0.717, 1.165) is 11.8 Å². The van der Waals surface area contributed by atoms with Crippen LogP contribution in [-0.2, 0) is 0 Å². The Kier molecular flexibility index (Phi) is 2.93. The van der Waals surface area contributed by atoms with Crippen LogP contribution in [0.2, 0.25) is 0 Å². The maximum atomic E-state index is 9.49. The lowest BCUT2D eigenvalue weighted by Crippen LogP contribution is -2.07. The number of thioether (sulfide) groups is 1. The molecule has 0 spiro atoms. The molecule has 0 fully saturated rings. The monoisotopic (exact) mass is 135 g/mol. The molecule has 0 bridgehead atoms. The fourth-order valence-electron chi connectivity index (χ4n) is 0.121. The van der Waals surface area contributed by atoms with Crippen LogP contribution >= 0.6 is 11.8 Å². The van der Waals surface area contributed by atoms with Crippen LogP contribution in [0.3, 0.4) is 0 Å². The topological polar surface area (TPSA) is 81.5 Å². The molecule has 0 aromatic heterocycles. The number of nitrogens with zero attached hydrogens (tertiary/aromatic N) is 2. The highest BCUT2D eigenvalue weighted by molar-refractivity contribution is 8.13. The molecule has 0 aromatic carbocycles. The smallest absolute Gasteiger partial charge is 0.232 e. The summed E-state index contributed by atoms with van der Waals surface area (Å²) in [6.45, 7) is 0. The van der Waals surface area contributed by atoms with Gasteiger partial charge in [-0.15, -0.1) is 0 Å². The summed E-state index contributed by atoms with van der Waals surface area (Å²) in [6, 6.07) is 0. The second kappa shape index (κ2) is 3.25. The molecule has 0 saturated carbocycles. The lowest BCUT2D eigenvalue weighted by molar-refractivity contribution is -0.484. The molecular formula is C2H5N3O2S. The highest BCUT2D eigenvalue weighted by atomic mass is 32.2. The maximum Gasteiger partial charge on any atom is 0.232 e. The summed E-state index contributed by atoms with van der Waals surface area (Å²) in [5.74, 6) is 0. The quantitative estimate of drug-likeness (QED) is 0.235. The van der Waals surface area contributed by atoms with Crippen LogP contribution in [0, 0.1) is 10.1 Å². The van der Waals surface area contributed by atoms with Crippen molar-refractivity contribution in [1.82, 2.24) is 0 Å². The van der Waals surface area contributed by atoms with Gasteiger partial charge in [0.05, 0.1) is 5.10 Å². The van der Waals surface area contributed by atoms with Crippen molar-refractivity contribution >= 4 is 16.9 Å². The Hall–Kier alpha value is -0.780. The Balaban J connectivity index is 3.75. The van der Waals surface area contributed by atoms with Gasteiger partial charge in [0.25, 0.3) is 0 Å². The second-order valence-corrected chi connectivity index (χ2v) is 1.71. The Morgan fingerprint density at radius 3 is 2.62 bits per heavy atom. The minimum Gasteiger partial charge on any atom is -0.373 e. The lowest BCUT2D eigenvalue weighted by atomic mass is 11.4. The molecule has 5 nitrogen and oxygen atoms in total. The van der Waals surface area contributed by atoms with Crippen molar-refractivity contribution in [3.8, 4) is 0 Å². The van der Waals surface area contributed by atoms with Crippen molar-refractivity contribution in [1.29, 1.82) is 0 Å². The van der Waals surface area contributed by atoms with E-state index in [1.165, 1.54) is 0 Å².